The van der Waals surface area contributed by atoms with E-state index in [1.807, 2.05) is 0 Å². The highest BCUT2D eigenvalue weighted by molar-refractivity contribution is 5.48. The van der Waals surface area contributed by atoms with Crippen LogP contribution in [0.5, 0.6) is 5.75 Å². The van der Waals surface area contributed by atoms with Crippen molar-refractivity contribution >= 4 is 0 Å². The first-order valence-electron chi connectivity index (χ1n) is 6.10. The normalized spacial score (nSPS) is 27.9. The van der Waals surface area contributed by atoms with Crippen LogP contribution in [0.2, 0.25) is 0 Å². The van der Waals surface area contributed by atoms with Crippen LogP contribution in [-0.4, -0.2) is 13.7 Å². The summed E-state index contributed by atoms with van der Waals surface area (Å²) in [6.07, 6.45) is 0. The molecule has 2 nitrogen and oxygen atoms in total. The van der Waals surface area contributed by atoms with Crippen molar-refractivity contribution in [2.75, 3.05) is 13.7 Å². The summed E-state index contributed by atoms with van der Waals surface area (Å²) in [5, 5.41) is 3.58. The van der Waals surface area contributed by atoms with Gasteiger partial charge < -0.3 is 10.1 Å². The zero-order valence-corrected chi connectivity index (χ0v) is 10.6. The van der Waals surface area contributed by atoms with E-state index in [0.717, 1.165) is 12.3 Å². The molecule has 1 N–H and O–H groups in total. The van der Waals surface area contributed by atoms with Gasteiger partial charge in [0, 0.05) is 11.6 Å². The van der Waals surface area contributed by atoms with E-state index < -0.39 is 0 Å². The minimum absolute atomic E-state index is 0.477. The Balaban J connectivity index is 2.46. The third-order valence-corrected chi connectivity index (χ3v) is 3.85. The Morgan fingerprint density at radius 3 is 2.69 bits per heavy atom. The first kappa shape index (κ1) is 11.5. The summed E-state index contributed by atoms with van der Waals surface area (Å²) in [6, 6.07) is 6.86. The second kappa shape index (κ2) is 4.46. The van der Waals surface area contributed by atoms with Gasteiger partial charge in [-0.15, -0.1) is 0 Å². The molecule has 1 aromatic rings. The van der Waals surface area contributed by atoms with E-state index in [9.17, 15) is 0 Å². The first-order chi connectivity index (χ1) is 7.70. The Morgan fingerprint density at radius 1 is 1.31 bits per heavy atom. The van der Waals surface area contributed by atoms with Gasteiger partial charge in [-0.3, -0.25) is 0 Å². The molecule has 3 unspecified atom stereocenters. The van der Waals surface area contributed by atoms with Crippen LogP contribution in [0, 0.1) is 5.92 Å². The third kappa shape index (κ3) is 1.61. The van der Waals surface area contributed by atoms with Crippen LogP contribution >= 0.6 is 0 Å². The van der Waals surface area contributed by atoms with Gasteiger partial charge in [0.05, 0.1) is 7.11 Å². The van der Waals surface area contributed by atoms with Gasteiger partial charge in [0.1, 0.15) is 5.75 Å². The molecule has 3 atom stereocenters. The van der Waals surface area contributed by atoms with E-state index in [1.54, 1.807) is 7.11 Å². The van der Waals surface area contributed by atoms with Gasteiger partial charge >= 0.3 is 0 Å². The lowest BCUT2D eigenvalue weighted by Crippen LogP contribution is -2.24. The smallest absolute Gasteiger partial charge is 0.122 e. The number of rotatable bonds is 3. The van der Waals surface area contributed by atoms with Gasteiger partial charge in [0.25, 0.3) is 0 Å². The number of fused-ring (bicyclic) bond motifs is 1. The number of benzene rings is 1. The fraction of sp³-hybridized carbons (Fsp3) is 0.571. The highest BCUT2D eigenvalue weighted by Crippen LogP contribution is 2.48. The molecule has 2 rings (SSSR count). The molecule has 1 aliphatic rings. The van der Waals surface area contributed by atoms with Gasteiger partial charge in [-0.1, -0.05) is 32.9 Å². The van der Waals surface area contributed by atoms with Crippen molar-refractivity contribution in [3.63, 3.8) is 0 Å². The lowest BCUT2D eigenvalue weighted by Gasteiger charge is -2.19. The molecule has 0 heterocycles. The Bertz CT molecular complexity index is 375. The Hall–Kier alpha value is -1.02. The van der Waals surface area contributed by atoms with Crippen molar-refractivity contribution in [2.24, 2.45) is 5.92 Å². The van der Waals surface area contributed by atoms with Gasteiger partial charge in [0.15, 0.2) is 0 Å². The van der Waals surface area contributed by atoms with Crippen LogP contribution in [0.3, 0.4) is 0 Å². The summed E-state index contributed by atoms with van der Waals surface area (Å²) >= 11 is 0. The molecule has 88 valence electrons. The second-order valence-electron chi connectivity index (χ2n) is 4.65. The van der Waals surface area contributed by atoms with Crippen LogP contribution in [0.4, 0.5) is 0 Å². The van der Waals surface area contributed by atoms with Crippen LogP contribution < -0.4 is 10.1 Å². The van der Waals surface area contributed by atoms with E-state index in [2.05, 4.69) is 44.3 Å². The minimum atomic E-state index is 0.477. The second-order valence-corrected chi connectivity index (χ2v) is 4.65. The largest absolute Gasteiger partial charge is 0.496 e. The number of hydrogen-bond donors (Lipinski definition) is 1. The van der Waals surface area contributed by atoms with Crippen molar-refractivity contribution in [3.8, 4) is 5.75 Å². The molecule has 0 saturated heterocycles. The molecule has 0 bridgehead atoms. The Kier molecular flexibility index (Phi) is 3.20. The number of hydrogen-bond acceptors (Lipinski definition) is 2. The van der Waals surface area contributed by atoms with Crippen molar-refractivity contribution in [3.05, 3.63) is 29.3 Å². The van der Waals surface area contributed by atoms with Crippen LogP contribution in [0.1, 0.15) is 43.9 Å². The molecule has 1 aromatic carbocycles. The monoisotopic (exact) mass is 219 g/mol. The molecule has 1 aliphatic carbocycles. The van der Waals surface area contributed by atoms with Crippen molar-refractivity contribution in [1.29, 1.82) is 0 Å². The highest BCUT2D eigenvalue weighted by Gasteiger charge is 2.36. The van der Waals surface area contributed by atoms with Crippen LogP contribution in [0.15, 0.2) is 18.2 Å². The fourth-order valence-corrected chi connectivity index (χ4v) is 2.85. The maximum atomic E-state index is 5.47. The molecule has 0 radical (unpaired) electrons. The van der Waals surface area contributed by atoms with Crippen LogP contribution in [0.25, 0.3) is 0 Å². The summed E-state index contributed by atoms with van der Waals surface area (Å²) in [5.41, 5.74) is 2.81. The van der Waals surface area contributed by atoms with Crippen molar-refractivity contribution in [2.45, 2.75) is 32.7 Å². The lowest BCUT2D eigenvalue weighted by molar-refractivity contribution is 0.377. The van der Waals surface area contributed by atoms with Gasteiger partial charge in [-0.2, -0.15) is 0 Å². The average Bonchev–Trinajstić information content (AvgIpc) is 2.55. The highest BCUT2D eigenvalue weighted by atomic mass is 16.5. The summed E-state index contributed by atoms with van der Waals surface area (Å²) in [7, 11) is 1.76. The molecule has 16 heavy (non-hydrogen) atoms. The predicted molar refractivity (Wildman–Crippen MR) is 67.0 cm³/mol. The van der Waals surface area contributed by atoms with E-state index in [0.29, 0.717) is 17.9 Å². The van der Waals surface area contributed by atoms with Crippen LogP contribution in [-0.2, 0) is 0 Å². The van der Waals surface area contributed by atoms with Gasteiger partial charge in [0.2, 0.25) is 0 Å². The lowest BCUT2D eigenvalue weighted by atomic mass is 9.94. The summed E-state index contributed by atoms with van der Waals surface area (Å²) in [5.74, 6) is 2.23. The molecule has 0 saturated carbocycles. The maximum Gasteiger partial charge on any atom is 0.122 e. The first-order valence-corrected chi connectivity index (χ1v) is 6.10. The summed E-state index contributed by atoms with van der Waals surface area (Å²) < 4.78 is 5.47. The standard InChI is InChI=1S/C14H21NO/c1-5-15-14-10(3)9(2)13-11(14)7-6-8-12(13)16-4/h6-10,14-15H,5H2,1-4H3. The minimum Gasteiger partial charge on any atom is -0.496 e. The number of nitrogens with one attached hydrogen (secondary N) is 1. The topological polar surface area (TPSA) is 21.3 Å². The Labute approximate surface area is 98.0 Å². The quantitative estimate of drug-likeness (QED) is 0.843. The zero-order chi connectivity index (χ0) is 11.7. The van der Waals surface area contributed by atoms with E-state index in [-0.39, 0.29) is 0 Å². The molecule has 0 spiro atoms. The molecular formula is C14H21NO. The summed E-state index contributed by atoms with van der Waals surface area (Å²) in [4.78, 5) is 0. The predicted octanol–water partition coefficient (Wildman–Crippen LogP) is 3.10. The van der Waals surface area contributed by atoms with E-state index in [4.69, 9.17) is 4.74 Å². The molecule has 0 aromatic heterocycles. The zero-order valence-electron chi connectivity index (χ0n) is 10.6. The third-order valence-electron chi connectivity index (χ3n) is 3.85. The van der Waals surface area contributed by atoms with Crippen molar-refractivity contribution in [1.82, 2.24) is 5.32 Å². The Morgan fingerprint density at radius 2 is 2.06 bits per heavy atom. The number of methoxy groups -OCH3 is 1. The van der Waals surface area contributed by atoms with Crippen molar-refractivity contribution < 1.29 is 4.74 Å². The molecule has 0 fully saturated rings. The number of ether oxygens (including phenoxy) is 1. The molecule has 0 amide bonds. The fourth-order valence-electron chi connectivity index (χ4n) is 2.85. The van der Waals surface area contributed by atoms with E-state index in [1.165, 1.54) is 11.1 Å². The maximum absolute atomic E-state index is 5.47. The van der Waals surface area contributed by atoms with E-state index >= 15 is 0 Å². The molecular weight excluding hydrogens is 198 g/mol. The van der Waals surface area contributed by atoms with Gasteiger partial charge in [-0.25, -0.2) is 0 Å². The summed E-state index contributed by atoms with van der Waals surface area (Å²) in [6.45, 7) is 7.79. The molecule has 2 heteroatoms. The average molecular weight is 219 g/mol. The molecule has 0 aliphatic heterocycles. The SMILES string of the molecule is CCNC1c2cccc(OC)c2C(C)C1C. The van der Waals surface area contributed by atoms with Gasteiger partial charge in [-0.05, 0) is 30.0 Å².